The second-order valence-corrected chi connectivity index (χ2v) is 5.82. The molecule has 1 aliphatic heterocycles. The standard InChI is InChI=1S/C14H25N5O2/c1-10(2)8-16-9-12-17-18-14(21-12)19-7-5-4-6-11(19)13(20)15-3/h10-11,16H,4-9H2,1-3H3,(H,15,20). The third-order valence-electron chi connectivity index (χ3n) is 3.58. The number of anilines is 1. The Labute approximate surface area is 125 Å². The summed E-state index contributed by atoms with van der Waals surface area (Å²) in [6.07, 6.45) is 2.91. The van der Waals surface area contributed by atoms with Crippen LogP contribution in [-0.2, 0) is 11.3 Å². The van der Waals surface area contributed by atoms with Crippen LogP contribution in [0.1, 0.15) is 39.0 Å². The largest absolute Gasteiger partial charge is 0.407 e. The van der Waals surface area contributed by atoms with E-state index in [0.29, 0.717) is 24.4 Å². The van der Waals surface area contributed by atoms with Crippen LogP contribution in [0.4, 0.5) is 6.01 Å². The highest BCUT2D eigenvalue weighted by Crippen LogP contribution is 2.23. The quantitative estimate of drug-likeness (QED) is 0.812. The Balaban J connectivity index is 1.99. The van der Waals surface area contributed by atoms with Crippen molar-refractivity contribution in [2.24, 2.45) is 5.92 Å². The van der Waals surface area contributed by atoms with E-state index in [2.05, 4.69) is 34.7 Å². The number of nitrogens with zero attached hydrogens (tertiary/aromatic N) is 3. The highest BCUT2D eigenvalue weighted by Gasteiger charge is 2.31. The van der Waals surface area contributed by atoms with Gasteiger partial charge in [-0.3, -0.25) is 4.79 Å². The number of nitrogens with one attached hydrogen (secondary N) is 2. The van der Waals surface area contributed by atoms with E-state index in [1.807, 2.05) is 4.90 Å². The molecule has 0 radical (unpaired) electrons. The molecule has 2 N–H and O–H groups in total. The summed E-state index contributed by atoms with van der Waals surface area (Å²) in [7, 11) is 1.66. The van der Waals surface area contributed by atoms with E-state index in [0.717, 1.165) is 32.4 Å². The first-order valence-electron chi connectivity index (χ1n) is 7.63. The molecule has 1 aliphatic rings. The van der Waals surface area contributed by atoms with Crippen LogP contribution in [0.2, 0.25) is 0 Å². The summed E-state index contributed by atoms with van der Waals surface area (Å²) >= 11 is 0. The maximum atomic E-state index is 11.9. The van der Waals surface area contributed by atoms with E-state index >= 15 is 0 Å². The lowest BCUT2D eigenvalue weighted by molar-refractivity contribution is -0.122. The average molecular weight is 295 g/mol. The first kappa shape index (κ1) is 15.8. The van der Waals surface area contributed by atoms with E-state index in [1.165, 1.54) is 0 Å². The predicted octanol–water partition coefficient (Wildman–Crippen LogP) is 0.920. The van der Waals surface area contributed by atoms with Crippen molar-refractivity contribution in [3.05, 3.63) is 5.89 Å². The number of hydrogen-bond acceptors (Lipinski definition) is 6. The number of aromatic nitrogens is 2. The van der Waals surface area contributed by atoms with Crippen LogP contribution < -0.4 is 15.5 Å². The zero-order chi connectivity index (χ0) is 15.2. The van der Waals surface area contributed by atoms with Crippen LogP contribution in [0, 0.1) is 5.92 Å². The van der Waals surface area contributed by atoms with Gasteiger partial charge in [0, 0.05) is 13.6 Å². The lowest BCUT2D eigenvalue weighted by Gasteiger charge is -2.32. The fourth-order valence-electron chi connectivity index (χ4n) is 2.50. The molecule has 21 heavy (non-hydrogen) atoms. The van der Waals surface area contributed by atoms with E-state index in [4.69, 9.17) is 4.42 Å². The number of likely N-dealkylation sites (N-methyl/N-ethyl adjacent to an activating group) is 1. The topological polar surface area (TPSA) is 83.3 Å². The van der Waals surface area contributed by atoms with Crippen molar-refractivity contribution in [1.82, 2.24) is 20.8 Å². The molecule has 7 nitrogen and oxygen atoms in total. The molecule has 0 aromatic carbocycles. The van der Waals surface area contributed by atoms with Crippen LogP contribution in [0.15, 0.2) is 4.42 Å². The van der Waals surface area contributed by atoms with Crippen molar-refractivity contribution >= 4 is 11.9 Å². The van der Waals surface area contributed by atoms with Gasteiger partial charge in [0.15, 0.2) is 0 Å². The minimum Gasteiger partial charge on any atom is -0.407 e. The number of amides is 1. The molecular formula is C14H25N5O2. The summed E-state index contributed by atoms with van der Waals surface area (Å²) in [6, 6.07) is 0.241. The molecule has 1 atom stereocenters. The molecule has 2 heterocycles. The molecule has 1 fully saturated rings. The van der Waals surface area contributed by atoms with Crippen molar-refractivity contribution in [2.75, 3.05) is 25.0 Å². The Hall–Kier alpha value is -1.63. The van der Waals surface area contributed by atoms with E-state index in [9.17, 15) is 4.79 Å². The van der Waals surface area contributed by atoms with Crippen LogP contribution >= 0.6 is 0 Å². The SMILES string of the molecule is CNC(=O)C1CCCCN1c1nnc(CNCC(C)C)o1. The molecule has 0 saturated carbocycles. The molecule has 118 valence electrons. The third kappa shape index (κ3) is 4.17. The summed E-state index contributed by atoms with van der Waals surface area (Å²) in [4.78, 5) is 13.9. The van der Waals surface area contributed by atoms with Crippen LogP contribution in [0.25, 0.3) is 0 Å². The van der Waals surface area contributed by atoms with Gasteiger partial charge in [-0.25, -0.2) is 0 Å². The van der Waals surface area contributed by atoms with Crippen LogP contribution in [-0.4, -0.2) is 42.3 Å². The summed E-state index contributed by atoms with van der Waals surface area (Å²) in [5, 5.41) is 14.1. The summed E-state index contributed by atoms with van der Waals surface area (Å²) in [6.45, 7) is 6.53. The molecule has 0 spiro atoms. The molecule has 1 unspecified atom stereocenters. The molecule has 0 bridgehead atoms. The van der Waals surface area contributed by atoms with Gasteiger partial charge in [-0.05, 0) is 31.7 Å². The molecule has 1 aromatic heterocycles. The van der Waals surface area contributed by atoms with Crippen molar-refractivity contribution in [3.63, 3.8) is 0 Å². The molecular weight excluding hydrogens is 270 g/mol. The molecule has 2 rings (SSSR count). The summed E-state index contributed by atoms with van der Waals surface area (Å²) < 4.78 is 5.69. The Morgan fingerprint density at radius 3 is 2.95 bits per heavy atom. The highest BCUT2D eigenvalue weighted by atomic mass is 16.4. The van der Waals surface area contributed by atoms with E-state index < -0.39 is 0 Å². The molecule has 1 saturated heterocycles. The smallest absolute Gasteiger partial charge is 0.318 e. The minimum absolute atomic E-state index is 0.00684. The fraction of sp³-hybridized carbons (Fsp3) is 0.786. The number of rotatable bonds is 6. The van der Waals surface area contributed by atoms with Crippen LogP contribution in [0.3, 0.4) is 0 Å². The van der Waals surface area contributed by atoms with Gasteiger partial charge in [0.2, 0.25) is 11.8 Å². The Morgan fingerprint density at radius 2 is 2.24 bits per heavy atom. The summed E-state index contributed by atoms with van der Waals surface area (Å²) in [5.41, 5.74) is 0. The highest BCUT2D eigenvalue weighted by molar-refractivity contribution is 5.84. The summed E-state index contributed by atoms with van der Waals surface area (Å²) in [5.74, 6) is 1.14. The van der Waals surface area contributed by atoms with Crippen molar-refractivity contribution in [1.29, 1.82) is 0 Å². The lowest BCUT2D eigenvalue weighted by Crippen LogP contribution is -2.49. The fourth-order valence-corrected chi connectivity index (χ4v) is 2.50. The van der Waals surface area contributed by atoms with E-state index in [-0.39, 0.29) is 11.9 Å². The van der Waals surface area contributed by atoms with Gasteiger partial charge in [-0.2, -0.15) is 0 Å². The van der Waals surface area contributed by atoms with Gasteiger partial charge < -0.3 is 20.0 Å². The Kier molecular flexibility index (Phi) is 5.55. The van der Waals surface area contributed by atoms with Gasteiger partial charge in [-0.15, -0.1) is 5.10 Å². The maximum Gasteiger partial charge on any atom is 0.318 e. The minimum atomic E-state index is -0.208. The lowest BCUT2D eigenvalue weighted by atomic mass is 10.0. The zero-order valence-electron chi connectivity index (χ0n) is 13.1. The Bertz CT molecular complexity index is 460. The molecule has 1 amide bonds. The zero-order valence-corrected chi connectivity index (χ0v) is 13.1. The first-order chi connectivity index (χ1) is 10.1. The number of piperidine rings is 1. The molecule has 7 heteroatoms. The van der Waals surface area contributed by atoms with E-state index in [1.54, 1.807) is 7.05 Å². The maximum absolute atomic E-state index is 11.9. The third-order valence-corrected chi connectivity index (χ3v) is 3.58. The normalized spacial score (nSPS) is 19.0. The van der Waals surface area contributed by atoms with Gasteiger partial charge in [-0.1, -0.05) is 18.9 Å². The van der Waals surface area contributed by atoms with Gasteiger partial charge >= 0.3 is 6.01 Å². The Morgan fingerprint density at radius 1 is 1.43 bits per heavy atom. The van der Waals surface area contributed by atoms with Gasteiger partial charge in [0.05, 0.1) is 6.54 Å². The average Bonchev–Trinajstić information content (AvgIpc) is 2.95. The monoisotopic (exact) mass is 295 g/mol. The second kappa shape index (κ2) is 7.40. The molecule has 0 aliphatic carbocycles. The van der Waals surface area contributed by atoms with Crippen LogP contribution in [0.5, 0.6) is 0 Å². The second-order valence-electron chi connectivity index (χ2n) is 5.82. The number of carbonyl (C=O) groups excluding carboxylic acids is 1. The van der Waals surface area contributed by atoms with Crippen molar-refractivity contribution in [3.8, 4) is 0 Å². The number of hydrogen-bond donors (Lipinski definition) is 2. The molecule has 1 aromatic rings. The van der Waals surface area contributed by atoms with Gasteiger partial charge in [0.25, 0.3) is 0 Å². The predicted molar refractivity (Wildman–Crippen MR) is 79.9 cm³/mol. The first-order valence-corrected chi connectivity index (χ1v) is 7.63. The van der Waals surface area contributed by atoms with Gasteiger partial charge in [0.1, 0.15) is 6.04 Å². The van der Waals surface area contributed by atoms with Crippen molar-refractivity contribution < 1.29 is 9.21 Å². The number of carbonyl (C=O) groups is 1. The van der Waals surface area contributed by atoms with Crippen molar-refractivity contribution in [2.45, 2.75) is 45.7 Å².